The number of carbonyl (C=O) groups excluding carboxylic acids is 1. The van der Waals surface area contributed by atoms with Crippen LogP contribution in [0.25, 0.3) is 0 Å². The first-order chi connectivity index (χ1) is 9.19. The topological polar surface area (TPSA) is 29.5 Å². The fourth-order valence-electron chi connectivity index (χ4n) is 1.82. The van der Waals surface area contributed by atoms with Crippen LogP contribution in [0.1, 0.15) is 10.4 Å². The summed E-state index contributed by atoms with van der Waals surface area (Å²) in [5.41, 5.74) is 0.974. The monoisotopic (exact) mass is 275 g/mol. The Morgan fingerprint density at radius 2 is 2.16 bits per heavy atom. The van der Waals surface area contributed by atoms with Gasteiger partial charge in [-0.25, -0.2) is 0 Å². The third kappa shape index (κ3) is 3.83. The van der Waals surface area contributed by atoms with Crippen LogP contribution in [0.3, 0.4) is 0 Å². The first-order valence-corrected chi connectivity index (χ1v) is 6.96. The van der Waals surface area contributed by atoms with E-state index in [2.05, 4.69) is 0 Å². The number of carbonyl (C=O) groups is 1. The molecule has 19 heavy (non-hydrogen) atoms. The third-order valence-corrected chi connectivity index (χ3v) is 3.75. The number of rotatable bonds is 5. The predicted molar refractivity (Wildman–Crippen MR) is 77.5 cm³/mol. The van der Waals surface area contributed by atoms with Gasteiger partial charge < -0.3 is 9.64 Å². The van der Waals surface area contributed by atoms with E-state index >= 15 is 0 Å². The Bertz CT molecular complexity index is 537. The molecular formula is C15H17NO2S. The van der Waals surface area contributed by atoms with Crippen molar-refractivity contribution in [3.05, 3.63) is 52.2 Å². The van der Waals surface area contributed by atoms with Crippen LogP contribution in [-0.4, -0.2) is 25.0 Å². The molecule has 0 saturated heterocycles. The number of nitrogens with zero attached hydrogens (tertiary/aromatic N) is 1. The summed E-state index contributed by atoms with van der Waals surface area (Å²) in [7, 11) is 3.46. The first kappa shape index (κ1) is 13.6. The van der Waals surface area contributed by atoms with Crippen LogP contribution in [0.15, 0.2) is 41.8 Å². The van der Waals surface area contributed by atoms with Crippen LogP contribution >= 0.6 is 11.3 Å². The number of likely N-dealkylation sites (N-methyl/N-ethyl adjacent to an activating group) is 1. The molecule has 1 amide bonds. The van der Waals surface area contributed by atoms with Crippen molar-refractivity contribution in [3.63, 3.8) is 0 Å². The van der Waals surface area contributed by atoms with Crippen molar-refractivity contribution in [1.29, 1.82) is 0 Å². The normalized spacial score (nSPS) is 10.2. The zero-order valence-electron chi connectivity index (χ0n) is 11.1. The molecule has 0 N–H and O–H groups in total. The molecule has 1 aromatic carbocycles. The van der Waals surface area contributed by atoms with Gasteiger partial charge >= 0.3 is 0 Å². The molecule has 0 atom stereocenters. The van der Waals surface area contributed by atoms with Gasteiger partial charge in [-0.1, -0.05) is 18.2 Å². The molecule has 2 rings (SSSR count). The molecule has 3 nitrogen and oxygen atoms in total. The Hall–Kier alpha value is -1.81. The lowest BCUT2D eigenvalue weighted by Gasteiger charge is -2.16. The van der Waals surface area contributed by atoms with Gasteiger partial charge in [0.05, 0.1) is 20.1 Å². The number of methoxy groups -OCH3 is 1. The molecule has 1 aromatic heterocycles. The third-order valence-electron chi connectivity index (χ3n) is 2.89. The van der Waals surface area contributed by atoms with Gasteiger partial charge in [0.2, 0.25) is 5.91 Å². The molecule has 1 heterocycles. The highest BCUT2D eigenvalue weighted by Gasteiger charge is 2.11. The van der Waals surface area contributed by atoms with Crippen LogP contribution in [-0.2, 0) is 17.8 Å². The highest BCUT2D eigenvalue weighted by atomic mass is 32.1. The van der Waals surface area contributed by atoms with Crippen molar-refractivity contribution in [2.45, 2.75) is 13.0 Å². The van der Waals surface area contributed by atoms with Gasteiger partial charge in [0.1, 0.15) is 5.75 Å². The molecule has 0 bridgehead atoms. The fourth-order valence-corrected chi connectivity index (χ4v) is 2.57. The van der Waals surface area contributed by atoms with E-state index in [4.69, 9.17) is 4.74 Å². The van der Waals surface area contributed by atoms with E-state index in [1.165, 1.54) is 4.88 Å². The Morgan fingerprint density at radius 3 is 2.84 bits per heavy atom. The van der Waals surface area contributed by atoms with Gasteiger partial charge in [-0.15, -0.1) is 11.3 Å². The van der Waals surface area contributed by atoms with Crippen molar-refractivity contribution in [2.24, 2.45) is 0 Å². The van der Waals surface area contributed by atoms with Crippen LogP contribution in [0, 0.1) is 0 Å². The molecule has 4 heteroatoms. The van der Waals surface area contributed by atoms with E-state index < -0.39 is 0 Å². The second-order valence-electron chi connectivity index (χ2n) is 4.36. The Balaban J connectivity index is 1.96. The highest BCUT2D eigenvalue weighted by molar-refractivity contribution is 7.09. The summed E-state index contributed by atoms with van der Waals surface area (Å²) in [6.45, 7) is 0.667. The molecular weight excluding hydrogens is 258 g/mol. The van der Waals surface area contributed by atoms with Gasteiger partial charge in [-0.05, 0) is 29.1 Å². The number of amides is 1. The summed E-state index contributed by atoms with van der Waals surface area (Å²) < 4.78 is 5.16. The fraction of sp³-hybridized carbons (Fsp3) is 0.267. The zero-order chi connectivity index (χ0) is 13.7. The van der Waals surface area contributed by atoms with E-state index in [1.807, 2.05) is 48.8 Å². The van der Waals surface area contributed by atoms with E-state index in [-0.39, 0.29) is 5.91 Å². The van der Waals surface area contributed by atoms with Gasteiger partial charge in [0, 0.05) is 11.9 Å². The van der Waals surface area contributed by atoms with E-state index in [0.717, 1.165) is 11.3 Å². The van der Waals surface area contributed by atoms with Crippen molar-refractivity contribution >= 4 is 17.2 Å². The summed E-state index contributed by atoms with van der Waals surface area (Å²) in [5, 5.41) is 2.02. The molecule has 100 valence electrons. The van der Waals surface area contributed by atoms with Gasteiger partial charge in [-0.3, -0.25) is 4.79 Å². The molecule has 0 unspecified atom stereocenters. The number of thiophene rings is 1. The maximum Gasteiger partial charge on any atom is 0.227 e. The molecule has 2 aromatic rings. The number of benzene rings is 1. The lowest BCUT2D eigenvalue weighted by atomic mass is 10.1. The minimum atomic E-state index is 0.113. The Labute approximate surface area is 117 Å². The summed E-state index contributed by atoms with van der Waals surface area (Å²) in [6, 6.07) is 11.7. The van der Waals surface area contributed by atoms with Gasteiger partial charge in [-0.2, -0.15) is 0 Å². The van der Waals surface area contributed by atoms with Crippen molar-refractivity contribution in [2.75, 3.05) is 14.2 Å². The van der Waals surface area contributed by atoms with Gasteiger partial charge in [0.25, 0.3) is 0 Å². The molecule has 0 fully saturated rings. The summed E-state index contributed by atoms with van der Waals surface area (Å²) in [4.78, 5) is 15.1. The van der Waals surface area contributed by atoms with Gasteiger partial charge in [0.15, 0.2) is 0 Å². The predicted octanol–water partition coefficient (Wildman–Crippen LogP) is 2.96. The Kier molecular flexibility index (Phi) is 4.58. The maximum absolute atomic E-state index is 12.1. The van der Waals surface area contributed by atoms with Crippen molar-refractivity contribution in [1.82, 2.24) is 4.90 Å². The van der Waals surface area contributed by atoms with E-state index in [1.54, 1.807) is 23.3 Å². The number of ether oxygens (including phenoxy) is 1. The molecule has 0 saturated carbocycles. The first-order valence-electron chi connectivity index (χ1n) is 6.08. The number of hydrogen-bond donors (Lipinski definition) is 0. The SMILES string of the molecule is COc1cccc(CC(=O)N(C)Cc2cccs2)c1. The minimum Gasteiger partial charge on any atom is -0.497 e. The van der Waals surface area contributed by atoms with Crippen LogP contribution in [0.4, 0.5) is 0 Å². The lowest BCUT2D eigenvalue weighted by molar-refractivity contribution is -0.129. The molecule has 0 radical (unpaired) electrons. The van der Waals surface area contributed by atoms with E-state index in [0.29, 0.717) is 13.0 Å². The molecule has 0 spiro atoms. The summed E-state index contributed by atoms with van der Waals surface area (Å²) in [5.74, 6) is 0.896. The average Bonchev–Trinajstić information content (AvgIpc) is 2.91. The molecule has 0 aliphatic carbocycles. The largest absolute Gasteiger partial charge is 0.497 e. The van der Waals surface area contributed by atoms with Crippen molar-refractivity contribution in [3.8, 4) is 5.75 Å². The smallest absolute Gasteiger partial charge is 0.227 e. The Morgan fingerprint density at radius 1 is 1.32 bits per heavy atom. The zero-order valence-corrected chi connectivity index (χ0v) is 11.9. The minimum absolute atomic E-state index is 0.113. The molecule has 0 aliphatic heterocycles. The maximum atomic E-state index is 12.1. The number of hydrogen-bond acceptors (Lipinski definition) is 3. The summed E-state index contributed by atoms with van der Waals surface area (Å²) >= 11 is 1.67. The second kappa shape index (κ2) is 6.38. The lowest BCUT2D eigenvalue weighted by Crippen LogP contribution is -2.27. The average molecular weight is 275 g/mol. The quantitative estimate of drug-likeness (QED) is 0.839. The molecule has 0 aliphatic rings. The standard InChI is InChI=1S/C15H17NO2S/c1-16(11-14-7-4-8-19-14)15(17)10-12-5-3-6-13(9-12)18-2/h3-9H,10-11H2,1-2H3. The van der Waals surface area contributed by atoms with Crippen LogP contribution in [0.5, 0.6) is 5.75 Å². The van der Waals surface area contributed by atoms with Crippen LogP contribution in [0.2, 0.25) is 0 Å². The summed E-state index contributed by atoms with van der Waals surface area (Å²) in [6.07, 6.45) is 0.402. The van der Waals surface area contributed by atoms with E-state index in [9.17, 15) is 4.79 Å². The van der Waals surface area contributed by atoms with Crippen LogP contribution < -0.4 is 4.74 Å². The second-order valence-corrected chi connectivity index (χ2v) is 5.39. The highest BCUT2D eigenvalue weighted by Crippen LogP contribution is 2.15. The van der Waals surface area contributed by atoms with Crippen molar-refractivity contribution < 1.29 is 9.53 Å².